The molecule has 1 aliphatic heterocycles. The lowest BCUT2D eigenvalue weighted by Gasteiger charge is -2.27. The lowest BCUT2D eigenvalue weighted by Crippen LogP contribution is -2.39. The number of hydrogen-bond donors (Lipinski definition) is 1. The van der Waals surface area contributed by atoms with Gasteiger partial charge in [0, 0.05) is 25.5 Å². The molecular weight excluding hydrogens is 287 g/mol. The minimum absolute atomic E-state index is 0. The second kappa shape index (κ2) is 9.18. The van der Waals surface area contributed by atoms with Gasteiger partial charge in [0.15, 0.2) is 0 Å². The van der Waals surface area contributed by atoms with Crippen LogP contribution in [0.5, 0.6) is 0 Å². The molecule has 0 aliphatic carbocycles. The summed E-state index contributed by atoms with van der Waals surface area (Å²) in [7, 11) is 1.90. The second-order valence-electron chi connectivity index (χ2n) is 4.54. The zero-order valence-corrected chi connectivity index (χ0v) is 12.8. The summed E-state index contributed by atoms with van der Waals surface area (Å²) in [6, 6.07) is 2.20. The summed E-state index contributed by atoms with van der Waals surface area (Å²) in [4.78, 5) is 14.0. The first-order chi connectivity index (χ1) is 8.27. The van der Waals surface area contributed by atoms with E-state index in [4.69, 9.17) is 0 Å². The van der Waals surface area contributed by atoms with E-state index in [1.54, 1.807) is 10.9 Å². The number of carbonyl (C=O) groups is 1. The van der Waals surface area contributed by atoms with Crippen LogP contribution in [0.2, 0.25) is 0 Å². The van der Waals surface area contributed by atoms with E-state index in [1.165, 1.54) is 0 Å². The Morgan fingerprint density at radius 1 is 1.42 bits per heavy atom. The number of nitrogens with zero attached hydrogens (tertiary/aromatic N) is 3. The summed E-state index contributed by atoms with van der Waals surface area (Å²) in [6.45, 7) is 2.41. The summed E-state index contributed by atoms with van der Waals surface area (Å²) in [6.07, 6.45) is 6.79. The van der Waals surface area contributed by atoms with Crippen molar-refractivity contribution in [3.05, 3.63) is 18.5 Å². The minimum atomic E-state index is 0. The predicted octanol–water partition coefficient (Wildman–Crippen LogP) is 1.33. The molecule has 1 amide bonds. The largest absolute Gasteiger partial charge is 0.341 e. The molecule has 1 fully saturated rings. The highest BCUT2D eigenvalue weighted by Crippen LogP contribution is 2.12. The van der Waals surface area contributed by atoms with Crippen LogP contribution >= 0.6 is 24.8 Å². The summed E-state index contributed by atoms with van der Waals surface area (Å²) in [5, 5.41) is 7.42. The number of likely N-dealkylation sites (N-methyl/N-ethyl adjacent to an activating group) is 1. The molecule has 19 heavy (non-hydrogen) atoms. The Bertz CT molecular complexity index is 351. The van der Waals surface area contributed by atoms with Gasteiger partial charge in [-0.05, 0) is 38.4 Å². The molecule has 110 valence electrons. The molecule has 1 aromatic rings. The Hall–Kier alpha value is -0.780. The van der Waals surface area contributed by atoms with Gasteiger partial charge >= 0.3 is 0 Å². The van der Waals surface area contributed by atoms with Gasteiger partial charge in [-0.3, -0.25) is 9.48 Å². The Balaban J connectivity index is 0.00000162. The Labute approximate surface area is 126 Å². The smallest absolute Gasteiger partial charge is 0.244 e. The Kier molecular flexibility index (Phi) is 8.80. The lowest BCUT2D eigenvalue weighted by atomic mass is 10.1. The van der Waals surface area contributed by atoms with Gasteiger partial charge < -0.3 is 10.2 Å². The number of hydrogen-bond acceptors (Lipinski definition) is 3. The minimum Gasteiger partial charge on any atom is -0.341 e. The van der Waals surface area contributed by atoms with Gasteiger partial charge in [0.25, 0.3) is 0 Å². The Morgan fingerprint density at radius 2 is 2.21 bits per heavy atom. The number of aromatic nitrogens is 2. The summed E-state index contributed by atoms with van der Waals surface area (Å²) < 4.78 is 1.67. The highest BCUT2D eigenvalue weighted by molar-refractivity contribution is 5.85. The van der Waals surface area contributed by atoms with Crippen LogP contribution in [0.15, 0.2) is 18.5 Å². The third-order valence-electron chi connectivity index (χ3n) is 3.34. The molecule has 2 heterocycles. The molecule has 1 saturated heterocycles. The van der Waals surface area contributed by atoms with Crippen molar-refractivity contribution in [2.45, 2.75) is 31.8 Å². The molecule has 1 aliphatic rings. The van der Waals surface area contributed by atoms with E-state index >= 15 is 0 Å². The van der Waals surface area contributed by atoms with Gasteiger partial charge in [-0.1, -0.05) is 0 Å². The van der Waals surface area contributed by atoms with Crippen LogP contribution in [0.25, 0.3) is 0 Å². The van der Waals surface area contributed by atoms with Crippen LogP contribution in [-0.4, -0.2) is 46.8 Å². The molecule has 0 bridgehead atoms. The molecule has 0 aromatic carbocycles. The summed E-state index contributed by atoms with van der Waals surface area (Å²) in [5.74, 6) is 0.139. The van der Waals surface area contributed by atoms with Crippen molar-refractivity contribution in [3.63, 3.8) is 0 Å². The van der Waals surface area contributed by atoms with Crippen LogP contribution in [0, 0.1) is 0 Å². The zero-order chi connectivity index (χ0) is 12.1. The first-order valence-corrected chi connectivity index (χ1v) is 6.21. The topological polar surface area (TPSA) is 50.2 Å². The fraction of sp³-hybridized carbons (Fsp3) is 0.667. The predicted molar refractivity (Wildman–Crippen MR) is 80.0 cm³/mol. The Morgan fingerprint density at radius 3 is 2.89 bits per heavy atom. The van der Waals surface area contributed by atoms with Gasteiger partial charge in [-0.2, -0.15) is 5.10 Å². The number of rotatable bonds is 3. The van der Waals surface area contributed by atoms with E-state index in [1.807, 2.05) is 24.2 Å². The number of halogens is 2. The van der Waals surface area contributed by atoms with E-state index in [9.17, 15) is 4.79 Å². The van der Waals surface area contributed by atoms with E-state index < -0.39 is 0 Å². The van der Waals surface area contributed by atoms with Crippen LogP contribution in [0.3, 0.4) is 0 Å². The molecule has 0 spiro atoms. The second-order valence-corrected chi connectivity index (χ2v) is 4.54. The third kappa shape index (κ3) is 5.38. The van der Waals surface area contributed by atoms with Crippen LogP contribution in [-0.2, 0) is 11.3 Å². The van der Waals surface area contributed by atoms with Crippen molar-refractivity contribution in [3.8, 4) is 0 Å². The number of carbonyl (C=O) groups excluding carboxylic acids is 1. The molecule has 7 heteroatoms. The fourth-order valence-electron chi connectivity index (χ4n) is 2.24. The molecule has 5 nitrogen and oxygen atoms in total. The molecule has 1 N–H and O–H groups in total. The van der Waals surface area contributed by atoms with E-state index in [0.29, 0.717) is 12.6 Å². The highest BCUT2D eigenvalue weighted by atomic mass is 35.5. The standard InChI is InChI=1S/C12H20N4O.2ClH/c1-15(11-4-2-6-13-8-5-11)12(17)10-16-9-3-7-14-16;;/h3,7,9,11,13H,2,4-6,8,10H2,1H3;2*1H. The van der Waals surface area contributed by atoms with Crippen LogP contribution in [0.4, 0.5) is 0 Å². The fourth-order valence-corrected chi connectivity index (χ4v) is 2.24. The van der Waals surface area contributed by atoms with Crippen molar-refractivity contribution in [2.75, 3.05) is 20.1 Å². The van der Waals surface area contributed by atoms with Crippen molar-refractivity contribution < 1.29 is 4.79 Å². The van der Waals surface area contributed by atoms with Gasteiger partial charge in [-0.25, -0.2) is 0 Å². The third-order valence-corrected chi connectivity index (χ3v) is 3.34. The average Bonchev–Trinajstić information content (AvgIpc) is 2.68. The molecule has 0 saturated carbocycles. The van der Waals surface area contributed by atoms with Gasteiger partial charge in [0.1, 0.15) is 6.54 Å². The lowest BCUT2D eigenvalue weighted by molar-refractivity contribution is -0.133. The van der Waals surface area contributed by atoms with Crippen molar-refractivity contribution in [2.24, 2.45) is 0 Å². The molecule has 2 rings (SSSR count). The SMILES string of the molecule is CN(C(=O)Cn1cccn1)C1CCCNCC1.Cl.Cl. The summed E-state index contributed by atoms with van der Waals surface area (Å²) >= 11 is 0. The highest BCUT2D eigenvalue weighted by Gasteiger charge is 2.20. The molecule has 1 atom stereocenters. The normalized spacial score (nSPS) is 18.7. The van der Waals surface area contributed by atoms with Gasteiger partial charge in [-0.15, -0.1) is 24.8 Å². The van der Waals surface area contributed by atoms with Crippen LogP contribution < -0.4 is 5.32 Å². The molecule has 1 aromatic heterocycles. The maximum Gasteiger partial charge on any atom is 0.244 e. The number of amides is 1. The first-order valence-electron chi connectivity index (χ1n) is 6.21. The van der Waals surface area contributed by atoms with E-state index in [2.05, 4.69) is 10.4 Å². The van der Waals surface area contributed by atoms with Gasteiger partial charge in [0.05, 0.1) is 0 Å². The van der Waals surface area contributed by atoms with Crippen molar-refractivity contribution in [1.29, 1.82) is 0 Å². The zero-order valence-electron chi connectivity index (χ0n) is 11.1. The summed E-state index contributed by atoms with van der Waals surface area (Å²) in [5.41, 5.74) is 0. The first kappa shape index (κ1) is 18.2. The molecule has 0 radical (unpaired) electrons. The molecular formula is C12H22Cl2N4O. The van der Waals surface area contributed by atoms with Crippen molar-refractivity contribution >= 4 is 30.7 Å². The quantitative estimate of drug-likeness (QED) is 0.916. The molecule has 1 unspecified atom stereocenters. The van der Waals surface area contributed by atoms with E-state index in [-0.39, 0.29) is 30.7 Å². The van der Waals surface area contributed by atoms with Gasteiger partial charge in [0.2, 0.25) is 5.91 Å². The van der Waals surface area contributed by atoms with E-state index in [0.717, 1.165) is 32.4 Å². The van der Waals surface area contributed by atoms with Crippen LogP contribution in [0.1, 0.15) is 19.3 Å². The number of nitrogens with one attached hydrogen (secondary N) is 1. The maximum absolute atomic E-state index is 12.1. The maximum atomic E-state index is 12.1. The van der Waals surface area contributed by atoms with Crippen molar-refractivity contribution in [1.82, 2.24) is 20.0 Å². The average molecular weight is 309 g/mol. The monoisotopic (exact) mass is 308 g/mol.